The van der Waals surface area contributed by atoms with Crippen molar-refractivity contribution in [2.75, 3.05) is 33.8 Å². The molecular formula is C32H38Cl2N2O3S. The third-order valence-electron chi connectivity index (χ3n) is 8.29. The highest BCUT2D eigenvalue weighted by Crippen LogP contribution is 2.34. The molecule has 0 spiro atoms. The van der Waals surface area contributed by atoms with Gasteiger partial charge in [0.05, 0.1) is 33.3 Å². The summed E-state index contributed by atoms with van der Waals surface area (Å²) in [6.45, 7) is 5.55. The molecule has 1 heterocycles. The van der Waals surface area contributed by atoms with Gasteiger partial charge < -0.3 is 14.5 Å². The molecule has 1 aliphatic carbocycles. The van der Waals surface area contributed by atoms with E-state index in [0.29, 0.717) is 40.2 Å². The van der Waals surface area contributed by atoms with E-state index < -0.39 is 0 Å². The van der Waals surface area contributed by atoms with Crippen molar-refractivity contribution < 1.29 is 13.7 Å². The lowest BCUT2D eigenvalue weighted by atomic mass is 9.79. The number of methoxy groups -OCH3 is 1. The largest absolute Gasteiger partial charge is 0.496 e. The average molecular weight is 602 g/mol. The average Bonchev–Trinajstić information content (AvgIpc) is 2.97. The molecule has 5 nitrogen and oxygen atoms in total. The highest BCUT2D eigenvalue weighted by atomic mass is 35.5. The van der Waals surface area contributed by atoms with Crippen molar-refractivity contribution in [3.8, 4) is 5.75 Å². The SMILES string of the molecule is COc1ccccc1CN(C)C(=O)CC(CCN1CCC(C2=CC=CC(=S=O)C2C)CC1)c1ccc(Cl)c(Cl)c1. The summed E-state index contributed by atoms with van der Waals surface area (Å²) < 4.78 is 16.9. The summed E-state index contributed by atoms with van der Waals surface area (Å²) in [6.07, 6.45) is 9.58. The normalized spacial score (nSPS) is 18.8. The molecule has 2 aromatic rings. The fourth-order valence-corrected chi connectivity index (χ4v) is 6.54. The topological polar surface area (TPSA) is 49.9 Å². The molecule has 2 aromatic carbocycles. The van der Waals surface area contributed by atoms with Crippen LogP contribution < -0.4 is 4.74 Å². The zero-order chi connectivity index (χ0) is 28.6. The maximum Gasteiger partial charge on any atom is 0.223 e. The second kappa shape index (κ2) is 14.5. The quantitative estimate of drug-likeness (QED) is 0.283. The Labute approximate surface area is 251 Å². The monoisotopic (exact) mass is 600 g/mol. The Morgan fingerprint density at radius 1 is 1.15 bits per heavy atom. The minimum Gasteiger partial charge on any atom is -0.496 e. The van der Waals surface area contributed by atoms with Crippen molar-refractivity contribution >= 4 is 45.2 Å². The van der Waals surface area contributed by atoms with Gasteiger partial charge in [-0.3, -0.25) is 4.79 Å². The summed E-state index contributed by atoms with van der Waals surface area (Å²) in [7, 11) is 3.49. The maximum atomic E-state index is 13.4. The number of ether oxygens (including phenoxy) is 1. The van der Waals surface area contributed by atoms with Crippen LogP contribution in [-0.4, -0.2) is 58.6 Å². The van der Waals surface area contributed by atoms with Gasteiger partial charge in [0.2, 0.25) is 5.91 Å². The first-order valence-electron chi connectivity index (χ1n) is 13.9. The fraction of sp³-hybridized carbons (Fsp3) is 0.438. The van der Waals surface area contributed by atoms with Crippen molar-refractivity contribution in [2.45, 2.75) is 45.1 Å². The Morgan fingerprint density at radius 2 is 1.90 bits per heavy atom. The second-order valence-electron chi connectivity index (χ2n) is 10.8. The van der Waals surface area contributed by atoms with Gasteiger partial charge in [0.25, 0.3) is 0 Å². The second-order valence-corrected chi connectivity index (χ2v) is 12.2. The van der Waals surface area contributed by atoms with Gasteiger partial charge in [-0.25, -0.2) is 4.21 Å². The predicted molar refractivity (Wildman–Crippen MR) is 167 cm³/mol. The molecule has 2 unspecified atom stereocenters. The molecule has 2 atom stereocenters. The molecule has 0 aromatic heterocycles. The van der Waals surface area contributed by atoms with Crippen LogP contribution in [0.25, 0.3) is 0 Å². The Hall–Kier alpha value is -2.38. The van der Waals surface area contributed by atoms with E-state index in [1.807, 2.05) is 61.7 Å². The van der Waals surface area contributed by atoms with Gasteiger partial charge in [-0.15, -0.1) is 0 Å². The highest BCUT2D eigenvalue weighted by molar-refractivity contribution is 7.67. The number of benzene rings is 2. The summed E-state index contributed by atoms with van der Waals surface area (Å²) in [5.74, 6) is 1.60. The zero-order valence-electron chi connectivity index (χ0n) is 23.4. The number of nitrogens with zero attached hydrogens (tertiary/aromatic N) is 2. The first-order chi connectivity index (χ1) is 19.3. The molecule has 0 bridgehead atoms. The van der Waals surface area contributed by atoms with Crippen LogP contribution >= 0.6 is 23.2 Å². The van der Waals surface area contributed by atoms with E-state index in [1.54, 1.807) is 12.0 Å². The summed E-state index contributed by atoms with van der Waals surface area (Å²) in [4.78, 5) is 18.6. The Bertz CT molecular complexity index is 1310. The summed E-state index contributed by atoms with van der Waals surface area (Å²) in [5.41, 5.74) is 3.40. The molecule has 1 saturated heterocycles. The Kier molecular flexibility index (Phi) is 11.1. The van der Waals surface area contributed by atoms with E-state index in [1.165, 1.54) is 5.57 Å². The third kappa shape index (κ3) is 7.67. The molecule has 1 amide bonds. The van der Waals surface area contributed by atoms with Crippen LogP contribution in [0.2, 0.25) is 10.0 Å². The van der Waals surface area contributed by atoms with Gasteiger partial charge >= 0.3 is 0 Å². The lowest BCUT2D eigenvalue weighted by Gasteiger charge is -2.36. The molecule has 2 aliphatic rings. The first kappa shape index (κ1) is 30.6. The molecule has 0 N–H and O–H groups in total. The number of hydrogen-bond donors (Lipinski definition) is 0. The van der Waals surface area contributed by atoms with Gasteiger partial charge in [0.1, 0.15) is 5.75 Å². The van der Waals surface area contributed by atoms with Crippen LogP contribution in [0.1, 0.15) is 49.7 Å². The minimum absolute atomic E-state index is 0.0255. The van der Waals surface area contributed by atoms with Crippen LogP contribution in [0.3, 0.4) is 0 Å². The number of likely N-dealkylation sites (tertiary alicyclic amines) is 1. The van der Waals surface area contributed by atoms with Gasteiger partial charge in [0, 0.05) is 31.5 Å². The number of rotatable bonds is 10. The molecule has 0 saturated carbocycles. The van der Waals surface area contributed by atoms with E-state index >= 15 is 0 Å². The number of amides is 1. The van der Waals surface area contributed by atoms with Crippen molar-refractivity contribution in [3.05, 3.63) is 87.4 Å². The third-order valence-corrected chi connectivity index (χ3v) is 9.71. The van der Waals surface area contributed by atoms with Crippen molar-refractivity contribution in [3.63, 3.8) is 0 Å². The lowest BCUT2D eigenvalue weighted by Crippen LogP contribution is -2.37. The van der Waals surface area contributed by atoms with Crippen LogP contribution in [0.4, 0.5) is 0 Å². The van der Waals surface area contributed by atoms with Crippen LogP contribution in [0.5, 0.6) is 5.75 Å². The molecule has 0 radical (unpaired) electrons. The van der Waals surface area contributed by atoms with E-state index in [-0.39, 0.29) is 17.7 Å². The van der Waals surface area contributed by atoms with Crippen LogP contribution in [0, 0.1) is 11.8 Å². The molecule has 1 aliphatic heterocycles. The Morgan fingerprint density at radius 3 is 2.60 bits per heavy atom. The molecule has 8 heteroatoms. The number of allylic oxidation sites excluding steroid dienone is 4. The lowest BCUT2D eigenvalue weighted by molar-refractivity contribution is -0.130. The number of halogens is 2. The molecule has 1 fully saturated rings. The number of carbonyl (C=O) groups is 1. The zero-order valence-corrected chi connectivity index (χ0v) is 25.8. The summed E-state index contributed by atoms with van der Waals surface area (Å²) in [6, 6.07) is 13.5. The number of piperidine rings is 1. The standard InChI is InChI=1S/C32H38Cl2N2O3S/c1-22-27(8-6-10-31(22)40-38)23-13-16-36(17-14-23)18-15-25(24-11-12-28(33)29(34)19-24)20-32(37)35(2)21-26-7-4-5-9-30(26)39-3/h4-12,19,22-23,25H,13-18,20-21H2,1-3H3. The van der Waals surface area contributed by atoms with E-state index in [9.17, 15) is 9.00 Å². The van der Waals surface area contributed by atoms with Gasteiger partial charge in [-0.2, -0.15) is 0 Å². The molecule has 40 heavy (non-hydrogen) atoms. The van der Waals surface area contributed by atoms with Gasteiger partial charge in [-0.1, -0.05) is 72.1 Å². The molecule has 214 valence electrons. The minimum atomic E-state index is 0.0255. The molecule has 4 rings (SSSR count). The predicted octanol–water partition coefficient (Wildman–Crippen LogP) is 6.75. The van der Waals surface area contributed by atoms with E-state index in [0.717, 1.165) is 60.6 Å². The van der Waals surface area contributed by atoms with Gasteiger partial charge in [-0.05, 0) is 80.6 Å². The number of hydrogen-bond acceptors (Lipinski definition) is 4. The first-order valence-corrected chi connectivity index (χ1v) is 15.4. The van der Waals surface area contributed by atoms with Crippen LogP contribution in [-0.2, 0) is 22.6 Å². The number of para-hydroxylation sites is 1. The van der Waals surface area contributed by atoms with Crippen molar-refractivity contribution in [1.82, 2.24) is 9.80 Å². The summed E-state index contributed by atoms with van der Waals surface area (Å²) >= 11 is 13.2. The van der Waals surface area contributed by atoms with E-state index in [4.69, 9.17) is 27.9 Å². The van der Waals surface area contributed by atoms with Crippen molar-refractivity contribution in [1.29, 1.82) is 0 Å². The van der Waals surface area contributed by atoms with Crippen molar-refractivity contribution in [2.24, 2.45) is 11.8 Å². The number of carbonyl (C=O) groups excluding carboxylic acids is 1. The highest BCUT2D eigenvalue weighted by Gasteiger charge is 2.28. The molecular weight excluding hydrogens is 563 g/mol. The maximum absolute atomic E-state index is 13.4. The van der Waals surface area contributed by atoms with Crippen LogP contribution in [0.15, 0.2) is 66.3 Å². The summed E-state index contributed by atoms with van der Waals surface area (Å²) in [5, 5.41) is 1.03. The van der Waals surface area contributed by atoms with E-state index in [2.05, 4.69) is 17.9 Å². The smallest absolute Gasteiger partial charge is 0.223 e. The fourth-order valence-electron chi connectivity index (χ4n) is 5.82. The Balaban J connectivity index is 1.39. The van der Waals surface area contributed by atoms with Gasteiger partial charge in [0.15, 0.2) is 0 Å².